The molecule has 0 amide bonds. The molecule has 0 spiro atoms. The van der Waals surface area contributed by atoms with Crippen molar-refractivity contribution in [2.75, 3.05) is 23.0 Å². The number of nitrogen functional groups attached to an aromatic ring is 1. The average molecular weight is 363 g/mol. The van der Waals surface area contributed by atoms with Crippen LogP contribution in [0.25, 0.3) is 0 Å². The molecule has 27 heavy (non-hydrogen) atoms. The molecule has 3 aromatic rings. The number of nitrogens with one attached hydrogen (secondary N) is 2. The third kappa shape index (κ3) is 4.33. The van der Waals surface area contributed by atoms with Crippen molar-refractivity contribution in [1.82, 2.24) is 9.97 Å². The zero-order valence-corrected chi connectivity index (χ0v) is 15.2. The van der Waals surface area contributed by atoms with E-state index >= 15 is 0 Å². The van der Waals surface area contributed by atoms with Crippen LogP contribution in [-0.4, -0.2) is 22.5 Å². The lowest BCUT2D eigenvalue weighted by Crippen LogP contribution is -2.10. The number of nitrogens with two attached hydrogens (primary N) is 1. The van der Waals surface area contributed by atoms with Gasteiger partial charge >= 0.3 is 5.97 Å². The predicted molar refractivity (Wildman–Crippen MR) is 107 cm³/mol. The Bertz CT molecular complexity index is 959. The van der Waals surface area contributed by atoms with Crippen molar-refractivity contribution in [2.45, 2.75) is 13.8 Å². The lowest BCUT2D eigenvalue weighted by molar-refractivity contribution is 0.0527. The molecule has 0 aliphatic heterocycles. The molecular formula is C20H21N5O2. The van der Waals surface area contributed by atoms with Gasteiger partial charge in [-0.3, -0.25) is 0 Å². The van der Waals surface area contributed by atoms with E-state index in [9.17, 15) is 4.79 Å². The summed E-state index contributed by atoms with van der Waals surface area (Å²) in [5.41, 5.74) is 9.54. The number of ether oxygens (including phenoxy) is 1. The number of anilines is 5. The van der Waals surface area contributed by atoms with Crippen molar-refractivity contribution in [1.29, 1.82) is 0 Å². The van der Waals surface area contributed by atoms with Crippen LogP contribution in [0.4, 0.5) is 28.7 Å². The second-order valence-electron chi connectivity index (χ2n) is 5.87. The van der Waals surface area contributed by atoms with Gasteiger partial charge in [0, 0.05) is 5.69 Å². The van der Waals surface area contributed by atoms with Gasteiger partial charge in [-0.15, -0.1) is 0 Å². The Morgan fingerprint density at radius 2 is 1.81 bits per heavy atom. The number of nitrogens with zero attached hydrogens (tertiary/aromatic N) is 2. The lowest BCUT2D eigenvalue weighted by Gasteiger charge is -2.14. The number of hydrogen-bond acceptors (Lipinski definition) is 7. The number of benzene rings is 2. The van der Waals surface area contributed by atoms with Crippen LogP contribution in [0, 0.1) is 6.92 Å². The summed E-state index contributed by atoms with van der Waals surface area (Å²) in [6.07, 6.45) is 1.41. The Kier molecular flexibility index (Phi) is 5.51. The first-order valence-corrected chi connectivity index (χ1v) is 8.56. The van der Waals surface area contributed by atoms with Crippen LogP contribution >= 0.6 is 0 Å². The molecule has 0 saturated carbocycles. The quantitative estimate of drug-likeness (QED) is 0.568. The number of aryl methyl sites for hydroxylation is 1. The minimum absolute atomic E-state index is 0.299. The van der Waals surface area contributed by atoms with Gasteiger partial charge in [-0.1, -0.05) is 24.3 Å². The van der Waals surface area contributed by atoms with E-state index in [0.717, 1.165) is 11.3 Å². The second-order valence-corrected chi connectivity index (χ2v) is 5.87. The highest BCUT2D eigenvalue weighted by Gasteiger charge is 2.15. The molecule has 0 aliphatic carbocycles. The van der Waals surface area contributed by atoms with Gasteiger partial charge in [-0.05, 0) is 43.7 Å². The molecule has 1 heterocycles. The van der Waals surface area contributed by atoms with Gasteiger partial charge in [0.2, 0.25) is 0 Å². The van der Waals surface area contributed by atoms with Crippen LogP contribution in [0.1, 0.15) is 22.8 Å². The number of carbonyl (C=O) groups excluding carboxylic acids is 1. The molecule has 0 aliphatic rings. The second kappa shape index (κ2) is 8.18. The number of para-hydroxylation sites is 1. The molecule has 7 heteroatoms. The van der Waals surface area contributed by atoms with Crippen LogP contribution < -0.4 is 16.4 Å². The maximum Gasteiger partial charge on any atom is 0.340 e. The SMILES string of the molecule is CCOC(=O)c1ccccc1Nc1ncnc(Nc2cccc(C)c2)c1N. The molecule has 0 atom stereocenters. The van der Waals surface area contributed by atoms with Crippen LogP contribution in [0.2, 0.25) is 0 Å². The molecule has 1 aromatic heterocycles. The summed E-state index contributed by atoms with van der Waals surface area (Å²) in [5.74, 6) is 0.468. The molecule has 0 bridgehead atoms. The molecular weight excluding hydrogens is 342 g/mol. The Morgan fingerprint density at radius 1 is 1.07 bits per heavy atom. The van der Waals surface area contributed by atoms with Gasteiger partial charge in [-0.2, -0.15) is 0 Å². The highest BCUT2D eigenvalue weighted by molar-refractivity contribution is 5.97. The number of esters is 1. The third-order valence-electron chi connectivity index (χ3n) is 3.84. The van der Waals surface area contributed by atoms with Gasteiger partial charge in [0.05, 0.1) is 17.9 Å². The Balaban J connectivity index is 1.88. The zero-order chi connectivity index (χ0) is 19.2. The fraction of sp³-hybridized carbons (Fsp3) is 0.150. The highest BCUT2D eigenvalue weighted by atomic mass is 16.5. The Morgan fingerprint density at radius 3 is 2.56 bits per heavy atom. The first-order chi connectivity index (χ1) is 13.1. The van der Waals surface area contributed by atoms with E-state index in [1.54, 1.807) is 25.1 Å². The van der Waals surface area contributed by atoms with Crippen molar-refractivity contribution in [3.8, 4) is 0 Å². The highest BCUT2D eigenvalue weighted by Crippen LogP contribution is 2.29. The lowest BCUT2D eigenvalue weighted by atomic mass is 10.1. The number of rotatable bonds is 6. The summed E-state index contributed by atoms with van der Waals surface area (Å²) in [7, 11) is 0. The fourth-order valence-electron chi connectivity index (χ4n) is 2.56. The predicted octanol–water partition coefficient (Wildman–Crippen LogP) is 4.03. The van der Waals surface area contributed by atoms with Crippen molar-refractivity contribution in [3.63, 3.8) is 0 Å². The Labute approximate surface area is 157 Å². The van der Waals surface area contributed by atoms with Crippen molar-refractivity contribution in [2.24, 2.45) is 0 Å². The number of carbonyl (C=O) groups is 1. The van der Waals surface area contributed by atoms with E-state index in [0.29, 0.717) is 35.2 Å². The smallest absolute Gasteiger partial charge is 0.340 e. The van der Waals surface area contributed by atoms with Crippen LogP contribution in [0.5, 0.6) is 0 Å². The first kappa shape index (κ1) is 18.2. The van der Waals surface area contributed by atoms with Crippen molar-refractivity contribution < 1.29 is 9.53 Å². The summed E-state index contributed by atoms with van der Waals surface area (Å²) in [4.78, 5) is 20.6. The average Bonchev–Trinajstić information content (AvgIpc) is 2.66. The molecule has 0 radical (unpaired) electrons. The maximum atomic E-state index is 12.1. The van der Waals surface area contributed by atoms with E-state index in [2.05, 4.69) is 20.6 Å². The Hall–Kier alpha value is -3.61. The van der Waals surface area contributed by atoms with Crippen LogP contribution in [0.15, 0.2) is 54.9 Å². The normalized spacial score (nSPS) is 10.3. The van der Waals surface area contributed by atoms with Gasteiger partial charge in [0.25, 0.3) is 0 Å². The molecule has 7 nitrogen and oxygen atoms in total. The minimum Gasteiger partial charge on any atom is -0.462 e. The van der Waals surface area contributed by atoms with E-state index < -0.39 is 5.97 Å². The standard InChI is InChI=1S/C20H21N5O2/c1-3-27-20(26)15-9-4-5-10-16(15)25-19-17(21)18(22-12-23-19)24-14-8-6-7-13(2)11-14/h4-12H,3,21H2,1-2H3,(H2,22,23,24,25). The molecule has 138 valence electrons. The molecule has 0 fully saturated rings. The zero-order valence-electron chi connectivity index (χ0n) is 15.2. The molecule has 4 N–H and O–H groups in total. The molecule has 2 aromatic carbocycles. The number of aromatic nitrogens is 2. The topological polar surface area (TPSA) is 102 Å². The summed E-state index contributed by atoms with van der Waals surface area (Å²) < 4.78 is 5.10. The van der Waals surface area contributed by atoms with E-state index in [1.807, 2.05) is 37.3 Å². The van der Waals surface area contributed by atoms with Gasteiger partial charge in [-0.25, -0.2) is 14.8 Å². The summed E-state index contributed by atoms with van der Waals surface area (Å²) >= 11 is 0. The first-order valence-electron chi connectivity index (χ1n) is 8.56. The van der Waals surface area contributed by atoms with Crippen molar-refractivity contribution >= 4 is 34.7 Å². The third-order valence-corrected chi connectivity index (χ3v) is 3.84. The van der Waals surface area contributed by atoms with E-state index in [4.69, 9.17) is 10.5 Å². The van der Waals surface area contributed by atoms with E-state index in [1.165, 1.54) is 6.33 Å². The van der Waals surface area contributed by atoms with Gasteiger partial charge in [0.1, 0.15) is 12.0 Å². The molecule has 0 saturated heterocycles. The largest absolute Gasteiger partial charge is 0.462 e. The summed E-state index contributed by atoms with van der Waals surface area (Å²) in [6, 6.07) is 14.9. The monoisotopic (exact) mass is 363 g/mol. The van der Waals surface area contributed by atoms with Crippen LogP contribution in [-0.2, 0) is 4.74 Å². The van der Waals surface area contributed by atoms with E-state index in [-0.39, 0.29) is 0 Å². The van der Waals surface area contributed by atoms with Gasteiger partial charge in [0.15, 0.2) is 11.6 Å². The molecule has 0 unspecified atom stereocenters. The summed E-state index contributed by atoms with van der Waals surface area (Å²) in [5, 5.41) is 6.29. The minimum atomic E-state index is -0.411. The number of hydrogen-bond donors (Lipinski definition) is 3. The van der Waals surface area contributed by atoms with Gasteiger partial charge < -0.3 is 21.1 Å². The fourth-order valence-corrected chi connectivity index (χ4v) is 2.56. The van der Waals surface area contributed by atoms with Crippen LogP contribution in [0.3, 0.4) is 0 Å². The maximum absolute atomic E-state index is 12.1. The molecule has 3 rings (SSSR count). The van der Waals surface area contributed by atoms with Crippen molar-refractivity contribution in [3.05, 3.63) is 66.0 Å². The summed E-state index contributed by atoms with van der Waals surface area (Å²) in [6.45, 7) is 4.07.